The number of hydrogen-bond acceptors (Lipinski definition) is 6. The summed E-state index contributed by atoms with van der Waals surface area (Å²) in [7, 11) is -3.95. The zero-order chi connectivity index (χ0) is 24.5. The van der Waals surface area contributed by atoms with Crippen LogP contribution in [0.1, 0.15) is 42.5 Å². The van der Waals surface area contributed by atoms with Gasteiger partial charge in [-0.1, -0.05) is 38.0 Å². The van der Waals surface area contributed by atoms with Crippen LogP contribution in [-0.2, 0) is 14.8 Å². The minimum atomic E-state index is -3.95. The first-order valence-electron chi connectivity index (χ1n) is 10.8. The van der Waals surface area contributed by atoms with Crippen LogP contribution in [0, 0.1) is 33.6 Å². The van der Waals surface area contributed by atoms with Crippen molar-refractivity contribution < 1.29 is 22.4 Å². The molecular formula is C25H29NO6S. The molecule has 3 aromatic rings. The first-order chi connectivity index (χ1) is 15.4. The van der Waals surface area contributed by atoms with E-state index >= 15 is 0 Å². The number of carbonyl (C=O) groups excluding carboxylic acids is 1. The summed E-state index contributed by atoms with van der Waals surface area (Å²) in [5.41, 5.74) is 2.58. The van der Waals surface area contributed by atoms with E-state index in [-0.39, 0.29) is 16.6 Å². The zero-order valence-corrected chi connectivity index (χ0v) is 20.5. The fourth-order valence-electron chi connectivity index (χ4n) is 3.53. The molecule has 7 nitrogen and oxygen atoms in total. The molecule has 0 aliphatic carbocycles. The van der Waals surface area contributed by atoms with Crippen LogP contribution in [-0.4, -0.2) is 20.4 Å². The topological polar surface area (TPSA) is 103 Å². The second-order valence-electron chi connectivity index (χ2n) is 8.49. The lowest BCUT2D eigenvalue weighted by Gasteiger charge is -2.23. The highest BCUT2D eigenvalue weighted by Gasteiger charge is 2.32. The lowest BCUT2D eigenvalue weighted by molar-refractivity contribution is -0.137. The smallest absolute Gasteiger partial charge is 0.339 e. The SMILES string of the molecule is CC[C@H](C)[C@H](NS(=O)(=O)c1ccc(C)cc1)C(=O)Oc1cc(C)cc2oc(=O)c(C)c(C)c12. The van der Waals surface area contributed by atoms with Crippen LogP contribution in [0.5, 0.6) is 5.75 Å². The third kappa shape index (κ3) is 5.17. The quantitative estimate of drug-likeness (QED) is 0.313. The van der Waals surface area contributed by atoms with Crippen molar-refractivity contribution in [2.24, 2.45) is 5.92 Å². The lowest BCUT2D eigenvalue weighted by Crippen LogP contribution is -2.47. The highest BCUT2D eigenvalue weighted by Crippen LogP contribution is 2.31. The van der Waals surface area contributed by atoms with Crippen molar-refractivity contribution in [3.8, 4) is 5.75 Å². The van der Waals surface area contributed by atoms with Crippen molar-refractivity contribution >= 4 is 27.0 Å². The van der Waals surface area contributed by atoms with Gasteiger partial charge < -0.3 is 9.15 Å². The molecule has 2 atom stereocenters. The van der Waals surface area contributed by atoms with Gasteiger partial charge in [0.25, 0.3) is 0 Å². The molecule has 0 aliphatic rings. The Morgan fingerprint density at radius 1 is 1.03 bits per heavy atom. The Kier molecular flexibility index (Phi) is 7.09. The van der Waals surface area contributed by atoms with E-state index < -0.39 is 27.7 Å². The van der Waals surface area contributed by atoms with E-state index in [9.17, 15) is 18.0 Å². The van der Waals surface area contributed by atoms with Gasteiger partial charge in [0, 0.05) is 5.56 Å². The monoisotopic (exact) mass is 471 g/mol. The standard InChI is InChI=1S/C25H29NO6S/c1-7-16(4)23(26-33(29,30)19-10-8-14(2)9-11-19)25(28)32-21-13-15(3)12-20-22(21)17(5)18(6)24(27)31-20/h8-13,16,23,26H,7H2,1-6H3/t16-,23-/m0/s1. The Hall–Kier alpha value is -2.97. The number of ether oxygens (including phenoxy) is 1. The van der Waals surface area contributed by atoms with Crippen LogP contribution in [0.25, 0.3) is 11.0 Å². The first kappa shape index (κ1) is 24.7. The Morgan fingerprint density at radius 2 is 1.67 bits per heavy atom. The molecule has 0 saturated heterocycles. The van der Waals surface area contributed by atoms with Gasteiger partial charge in [-0.3, -0.25) is 0 Å². The molecule has 0 fully saturated rings. The van der Waals surface area contributed by atoms with E-state index in [1.165, 1.54) is 12.1 Å². The maximum atomic E-state index is 13.3. The van der Waals surface area contributed by atoms with Gasteiger partial charge in [0.15, 0.2) is 0 Å². The molecule has 0 aliphatic heterocycles. The molecule has 1 N–H and O–H groups in total. The third-order valence-electron chi connectivity index (χ3n) is 5.95. The van der Waals surface area contributed by atoms with Crippen LogP contribution < -0.4 is 15.1 Å². The Balaban J connectivity index is 2.01. The minimum Gasteiger partial charge on any atom is -0.425 e. The zero-order valence-electron chi connectivity index (χ0n) is 19.7. The van der Waals surface area contributed by atoms with E-state index in [0.717, 1.165) is 11.1 Å². The summed E-state index contributed by atoms with van der Waals surface area (Å²) in [5, 5.41) is 0.510. The molecule has 8 heteroatoms. The summed E-state index contributed by atoms with van der Waals surface area (Å²) < 4.78 is 39.6. The summed E-state index contributed by atoms with van der Waals surface area (Å²) >= 11 is 0. The summed E-state index contributed by atoms with van der Waals surface area (Å²) in [6.07, 6.45) is 0.553. The average molecular weight is 472 g/mol. The van der Waals surface area contributed by atoms with Gasteiger partial charge in [-0.15, -0.1) is 0 Å². The molecule has 0 unspecified atom stereocenters. The molecule has 0 radical (unpaired) electrons. The predicted molar refractivity (Wildman–Crippen MR) is 127 cm³/mol. The molecule has 0 amide bonds. The van der Waals surface area contributed by atoms with Crippen molar-refractivity contribution in [2.45, 2.75) is 58.9 Å². The number of aryl methyl sites for hydroxylation is 3. The van der Waals surface area contributed by atoms with E-state index in [4.69, 9.17) is 9.15 Å². The summed E-state index contributed by atoms with van der Waals surface area (Å²) in [6.45, 7) is 10.7. The Labute approximate surface area is 193 Å². The molecule has 1 heterocycles. The number of carbonyl (C=O) groups is 1. The van der Waals surface area contributed by atoms with Gasteiger partial charge >= 0.3 is 11.6 Å². The first-order valence-corrected chi connectivity index (χ1v) is 12.3. The summed E-state index contributed by atoms with van der Waals surface area (Å²) in [5.74, 6) is -0.827. The van der Waals surface area contributed by atoms with Crippen LogP contribution in [0.15, 0.2) is 50.5 Å². The Morgan fingerprint density at radius 3 is 2.27 bits per heavy atom. The minimum absolute atomic E-state index is 0.0726. The molecular weight excluding hydrogens is 442 g/mol. The van der Waals surface area contributed by atoms with Crippen molar-refractivity contribution in [3.63, 3.8) is 0 Å². The number of sulfonamides is 1. The van der Waals surface area contributed by atoms with Crippen LogP contribution in [0.3, 0.4) is 0 Å². The number of nitrogens with one attached hydrogen (secondary N) is 1. The maximum Gasteiger partial charge on any atom is 0.339 e. The van der Waals surface area contributed by atoms with Gasteiger partial charge in [-0.25, -0.2) is 18.0 Å². The number of esters is 1. The largest absolute Gasteiger partial charge is 0.425 e. The second-order valence-corrected chi connectivity index (χ2v) is 10.2. The summed E-state index contributed by atoms with van der Waals surface area (Å²) in [6, 6.07) is 8.67. The van der Waals surface area contributed by atoms with Crippen molar-refractivity contribution in [1.82, 2.24) is 4.72 Å². The van der Waals surface area contributed by atoms with Gasteiger partial charge in [-0.2, -0.15) is 4.72 Å². The highest BCUT2D eigenvalue weighted by molar-refractivity contribution is 7.89. The van der Waals surface area contributed by atoms with Gasteiger partial charge in [0.1, 0.15) is 17.4 Å². The molecule has 33 heavy (non-hydrogen) atoms. The molecule has 0 bridgehead atoms. The third-order valence-corrected chi connectivity index (χ3v) is 7.40. The summed E-state index contributed by atoms with van der Waals surface area (Å²) in [4.78, 5) is 25.4. The lowest BCUT2D eigenvalue weighted by atomic mass is 10.00. The van der Waals surface area contributed by atoms with E-state index in [1.807, 2.05) is 13.8 Å². The number of rotatable bonds is 7. The number of hydrogen-bond donors (Lipinski definition) is 1. The van der Waals surface area contributed by atoms with E-state index in [2.05, 4.69) is 4.72 Å². The van der Waals surface area contributed by atoms with Gasteiger partial charge in [0.2, 0.25) is 10.0 Å². The van der Waals surface area contributed by atoms with Gasteiger partial charge in [0.05, 0.1) is 10.3 Å². The van der Waals surface area contributed by atoms with E-state index in [0.29, 0.717) is 28.5 Å². The number of fused-ring (bicyclic) bond motifs is 1. The predicted octanol–water partition coefficient (Wildman–Crippen LogP) is 4.33. The number of benzene rings is 2. The molecule has 2 aromatic carbocycles. The van der Waals surface area contributed by atoms with Crippen molar-refractivity contribution in [1.29, 1.82) is 0 Å². The second kappa shape index (κ2) is 9.49. The van der Waals surface area contributed by atoms with Gasteiger partial charge in [-0.05, 0) is 69.0 Å². The molecule has 3 rings (SSSR count). The molecule has 0 spiro atoms. The van der Waals surface area contributed by atoms with Crippen molar-refractivity contribution in [3.05, 3.63) is 69.1 Å². The van der Waals surface area contributed by atoms with E-state index in [1.54, 1.807) is 52.0 Å². The highest BCUT2D eigenvalue weighted by atomic mass is 32.2. The maximum absolute atomic E-state index is 13.3. The van der Waals surface area contributed by atoms with Crippen LogP contribution in [0.2, 0.25) is 0 Å². The van der Waals surface area contributed by atoms with Crippen molar-refractivity contribution in [2.75, 3.05) is 0 Å². The fourth-order valence-corrected chi connectivity index (χ4v) is 4.82. The Bertz CT molecular complexity index is 1360. The van der Waals surface area contributed by atoms with Crippen LogP contribution >= 0.6 is 0 Å². The van der Waals surface area contributed by atoms with Crippen LogP contribution in [0.4, 0.5) is 0 Å². The molecule has 1 aromatic heterocycles. The average Bonchev–Trinajstić information content (AvgIpc) is 2.75. The fraction of sp³-hybridized carbons (Fsp3) is 0.360. The molecule has 0 saturated carbocycles. The normalized spacial score (nSPS) is 13.6. The molecule has 176 valence electrons.